The molecular weight excluding hydrogens is 308 g/mol. The van der Waals surface area contributed by atoms with Crippen LogP contribution in [0.3, 0.4) is 0 Å². The smallest absolute Gasteiger partial charge is 0.156 e. The van der Waals surface area contributed by atoms with E-state index in [9.17, 15) is 5.26 Å². The first-order chi connectivity index (χ1) is 11.3. The predicted octanol–water partition coefficient (Wildman–Crippen LogP) is 4.59. The van der Waals surface area contributed by atoms with Crippen LogP contribution in [-0.4, -0.2) is 10.2 Å². The highest BCUT2D eigenvalue weighted by Gasteiger charge is 2.35. The van der Waals surface area contributed by atoms with Crippen LogP contribution in [0, 0.1) is 17.2 Å². The first kappa shape index (κ1) is 14.3. The maximum atomic E-state index is 9.89. The maximum Gasteiger partial charge on any atom is 0.156 e. The molecule has 23 heavy (non-hydrogen) atoms. The van der Waals surface area contributed by atoms with E-state index in [1.165, 1.54) is 12.8 Å². The van der Waals surface area contributed by atoms with Gasteiger partial charge in [-0.3, -0.25) is 5.10 Å². The second kappa shape index (κ2) is 5.75. The summed E-state index contributed by atoms with van der Waals surface area (Å²) in [5, 5.41) is 21.2. The van der Waals surface area contributed by atoms with Crippen molar-refractivity contribution in [2.45, 2.75) is 31.6 Å². The second-order valence-electron chi connectivity index (χ2n) is 6.19. The zero-order valence-corrected chi connectivity index (χ0v) is 13.4. The molecular formula is C18H17ClN4. The van der Waals surface area contributed by atoms with Crippen LogP contribution >= 0.6 is 11.6 Å². The average molecular weight is 325 g/mol. The van der Waals surface area contributed by atoms with Crippen molar-refractivity contribution >= 4 is 17.4 Å². The third-order valence-corrected chi connectivity index (χ3v) is 5.26. The Hall–Kier alpha value is -2.25. The molecule has 0 bridgehead atoms. The van der Waals surface area contributed by atoms with Gasteiger partial charge in [-0.15, -0.1) is 0 Å². The lowest BCUT2D eigenvalue weighted by atomic mass is 9.80. The molecule has 0 saturated heterocycles. The number of H-pyrrole nitrogens is 1. The maximum absolute atomic E-state index is 9.89. The molecule has 1 aromatic carbocycles. The average Bonchev–Trinajstić information content (AvgIpc) is 3.25. The molecule has 5 heteroatoms. The summed E-state index contributed by atoms with van der Waals surface area (Å²) in [5.41, 5.74) is 3.76. The number of hydrogen-bond donors (Lipinski definition) is 2. The molecule has 1 aliphatic heterocycles. The Bertz CT molecular complexity index is 808. The van der Waals surface area contributed by atoms with E-state index < -0.39 is 0 Å². The van der Waals surface area contributed by atoms with Gasteiger partial charge in [-0.25, -0.2) is 0 Å². The Morgan fingerprint density at radius 2 is 1.96 bits per heavy atom. The topological polar surface area (TPSA) is 64.5 Å². The largest absolute Gasteiger partial charge is 0.341 e. The van der Waals surface area contributed by atoms with Crippen molar-refractivity contribution in [2.75, 3.05) is 5.32 Å². The van der Waals surface area contributed by atoms with Gasteiger partial charge in [0.05, 0.1) is 17.6 Å². The number of aromatic amines is 1. The highest BCUT2D eigenvalue weighted by atomic mass is 35.5. The fraction of sp³-hybridized carbons (Fsp3) is 0.333. The second-order valence-corrected chi connectivity index (χ2v) is 6.60. The van der Waals surface area contributed by atoms with E-state index in [1.807, 2.05) is 30.5 Å². The van der Waals surface area contributed by atoms with Gasteiger partial charge < -0.3 is 5.32 Å². The van der Waals surface area contributed by atoms with Crippen LogP contribution in [0.1, 0.15) is 42.7 Å². The Morgan fingerprint density at radius 1 is 1.17 bits per heavy atom. The SMILES string of the molecule is N#CC1=C(C2CCCC2)Nc2n[nH]cc2C1c1ccccc1Cl. The molecule has 2 aromatic rings. The number of allylic oxidation sites excluding steroid dienone is 2. The first-order valence-corrected chi connectivity index (χ1v) is 8.36. The summed E-state index contributed by atoms with van der Waals surface area (Å²) in [6.07, 6.45) is 6.56. The van der Waals surface area contributed by atoms with Crippen LogP contribution in [-0.2, 0) is 0 Å². The number of halogens is 1. The van der Waals surface area contributed by atoms with E-state index in [0.29, 0.717) is 10.9 Å². The molecule has 4 nitrogen and oxygen atoms in total. The van der Waals surface area contributed by atoms with Gasteiger partial charge in [-0.1, -0.05) is 42.6 Å². The molecule has 2 aliphatic rings. The standard InChI is InChI=1S/C18H17ClN4/c19-15-8-4-3-7-12(15)16-13(9-20)17(11-5-1-2-6-11)22-18-14(16)10-21-23-18/h3-4,7-8,10-11,16H,1-2,5-6H2,(H2,21,22,23). The van der Waals surface area contributed by atoms with Crippen molar-refractivity contribution in [2.24, 2.45) is 5.92 Å². The van der Waals surface area contributed by atoms with E-state index in [4.69, 9.17) is 11.6 Å². The zero-order chi connectivity index (χ0) is 15.8. The van der Waals surface area contributed by atoms with Gasteiger partial charge in [0.2, 0.25) is 0 Å². The molecule has 0 radical (unpaired) electrons. The van der Waals surface area contributed by atoms with E-state index in [1.54, 1.807) is 0 Å². The molecule has 1 aliphatic carbocycles. The minimum Gasteiger partial charge on any atom is -0.341 e. The minimum absolute atomic E-state index is 0.153. The number of nitrogens with zero attached hydrogens (tertiary/aromatic N) is 2. The molecule has 2 heterocycles. The van der Waals surface area contributed by atoms with E-state index in [2.05, 4.69) is 21.6 Å². The highest BCUT2D eigenvalue weighted by molar-refractivity contribution is 6.31. The molecule has 116 valence electrons. The quantitative estimate of drug-likeness (QED) is 0.849. The predicted molar refractivity (Wildman–Crippen MR) is 90.1 cm³/mol. The van der Waals surface area contributed by atoms with Crippen molar-refractivity contribution < 1.29 is 0 Å². The number of aromatic nitrogens is 2. The minimum atomic E-state index is -0.153. The molecule has 1 saturated carbocycles. The van der Waals surface area contributed by atoms with E-state index in [0.717, 1.165) is 41.1 Å². The van der Waals surface area contributed by atoms with Crippen LogP contribution < -0.4 is 5.32 Å². The number of nitrogens with one attached hydrogen (secondary N) is 2. The number of rotatable bonds is 2. The van der Waals surface area contributed by atoms with Gasteiger partial charge in [-0.05, 0) is 24.5 Å². The Morgan fingerprint density at radius 3 is 2.70 bits per heavy atom. The Balaban J connectivity index is 1.90. The van der Waals surface area contributed by atoms with Gasteiger partial charge in [-0.2, -0.15) is 10.4 Å². The van der Waals surface area contributed by atoms with Crippen molar-refractivity contribution in [3.63, 3.8) is 0 Å². The summed E-state index contributed by atoms with van der Waals surface area (Å²) in [7, 11) is 0. The first-order valence-electron chi connectivity index (χ1n) is 7.99. The van der Waals surface area contributed by atoms with Crippen LogP contribution in [0.4, 0.5) is 5.82 Å². The van der Waals surface area contributed by atoms with E-state index in [-0.39, 0.29) is 5.92 Å². The normalized spacial score (nSPS) is 21.0. The third kappa shape index (κ3) is 2.32. The molecule has 0 amide bonds. The Kier molecular flexibility index (Phi) is 3.59. The van der Waals surface area contributed by atoms with Crippen LogP contribution in [0.25, 0.3) is 0 Å². The molecule has 1 unspecified atom stereocenters. The zero-order valence-electron chi connectivity index (χ0n) is 12.6. The summed E-state index contributed by atoms with van der Waals surface area (Å²) in [6.45, 7) is 0. The number of benzene rings is 1. The lowest BCUT2D eigenvalue weighted by Gasteiger charge is -2.29. The van der Waals surface area contributed by atoms with Gasteiger partial charge in [0.1, 0.15) is 0 Å². The summed E-state index contributed by atoms with van der Waals surface area (Å²) in [4.78, 5) is 0. The molecule has 2 N–H and O–H groups in total. The fourth-order valence-electron chi connectivity index (χ4n) is 3.82. The van der Waals surface area contributed by atoms with Crippen LogP contribution in [0.15, 0.2) is 41.7 Å². The third-order valence-electron chi connectivity index (χ3n) is 4.91. The number of nitriles is 1. The summed E-state index contributed by atoms with van der Waals surface area (Å²) in [6, 6.07) is 10.2. The number of hydrogen-bond acceptors (Lipinski definition) is 3. The van der Waals surface area contributed by atoms with Crippen LogP contribution in [0.5, 0.6) is 0 Å². The highest BCUT2D eigenvalue weighted by Crippen LogP contribution is 2.46. The molecule has 1 aromatic heterocycles. The molecule has 0 spiro atoms. The fourth-order valence-corrected chi connectivity index (χ4v) is 4.06. The van der Waals surface area contributed by atoms with Crippen molar-refractivity contribution in [1.82, 2.24) is 10.2 Å². The van der Waals surface area contributed by atoms with Gasteiger partial charge in [0, 0.05) is 28.4 Å². The molecule has 4 rings (SSSR count). The van der Waals surface area contributed by atoms with Crippen molar-refractivity contribution in [1.29, 1.82) is 5.26 Å². The van der Waals surface area contributed by atoms with E-state index >= 15 is 0 Å². The van der Waals surface area contributed by atoms with Crippen molar-refractivity contribution in [3.05, 3.63) is 57.9 Å². The van der Waals surface area contributed by atoms with Gasteiger partial charge in [0.15, 0.2) is 5.82 Å². The van der Waals surface area contributed by atoms with Gasteiger partial charge in [0.25, 0.3) is 0 Å². The van der Waals surface area contributed by atoms with Gasteiger partial charge >= 0.3 is 0 Å². The Labute approximate surface area is 140 Å². The van der Waals surface area contributed by atoms with Crippen molar-refractivity contribution in [3.8, 4) is 6.07 Å². The molecule has 1 fully saturated rings. The van der Waals surface area contributed by atoms with Crippen LogP contribution in [0.2, 0.25) is 5.02 Å². The summed E-state index contributed by atoms with van der Waals surface area (Å²) < 4.78 is 0. The lowest BCUT2D eigenvalue weighted by Crippen LogP contribution is -2.22. The molecule has 1 atom stereocenters. The monoisotopic (exact) mass is 324 g/mol. The summed E-state index contributed by atoms with van der Waals surface area (Å²) >= 11 is 6.44. The lowest BCUT2D eigenvalue weighted by molar-refractivity contribution is 0.630. The number of fused-ring (bicyclic) bond motifs is 1. The number of anilines is 1. The summed E-state index contributed by atoms with van der Waals surface area (Å²) in [5.74, 6) is 1.08.